The minimum Gasteiger partial charge on any atom is -0.381 e. The number of nitrogens with one attached hydrogen (secondary N) is 3. The number of aromatic nitrogens is 1. The fraction of sp³-hybridized carbons (Fsp3) is 0.619. The molecule has 3 N–H and O–H groups in total. The molecule has 1 aromatic heterocycles. The summed E-state index contributed by atoms with van der Waals surface area (Å²) in [5.41, 5.74) is 0.993. The molecule has 2 atom stereocenters. The van der Waals surface area contributed by atoms with E-state index in [4.69, 9.17) is 16.3 Å². The topological polar surface area (TPSA) is 70.6 Å². The summed E-state index contributed by atoms with van der Waals surface area (Å²) in [7, 11) is 0. The van der Waals surface area contributed by atoms with Crippen LogP contribution in [-0.2, 0) is 4.74 Å². The zero-order valence-corrected chi connectivity index (χ0v) is 17.0. The van der Waals surface area contributed by atoms with E-state index in [0.29, 0.717) is 17.0 Å². The lowest BCUT2D eigenvalue weighted by atomic mass is 9.95. The molecule has 3 heterocycles. The average molecular weight is 404 g/mol. The fourth-order valence-electron chi connectivity index (χ4n) is 4.15. The second-order valence-electron chi connectivity index (χ2n) is 8.00. The van der Waals surface area contributed by atoms with Crippen molar-refractivity contribution >= 4 is 23.6 Å². The molecule has 28 heavy (non-hydrogen) atoms. The van der Waals surface area contributed by atoms with E-state index in [1.54, 1.807) is 6.20 Å². The van der Waals surface area contributed by atoms with Crippen molar-refractivity contribution in [1.82, 2.24) is 15.6 Å². The Morgan fingerprint density at radius 2 is 2.07 bits per heavy atom. The molecule has 6 nitrogen and oxygen atoms in total. The van der Waals surface area contributed by atoms with Crippen LogP contribution in [0, 0.1) is 5.92 Å². The van der Waals surface area contributed by atoms with Crippen LogP contribution >= 0.6 is 11.6 Å². The van der Waals surface area contributed by atoms with Crippen LogP contribution in [0.4, 0.5) is 5.82 Å². The maximum absolute atomic E-state index is 6.47. The van der Waals surface area contributed by atoms with Gasteiger partial charge in [0.25, 0.3) is 0 Å². The van der Waals surface area contributed by atoms with Gasteiger partial charge in [0.2, 0.25) is 0 Å². The molecule has 3 aliphatic rings. The van der Waals surface area contributed by atoms with Crippen molar-refractivity contribution in [1.29, 1.82) is 0 Å². The molecule has 2 fully saturated rings. The number of nitrogens with zero attached hydrogens (tertiary/aromatic N) is 2. The molecule has 0 amide bonds. The Hall–Kier alpha value is -1.79. The van der Waals surface area contributed by atoms with Crippen LogP contribution < -0.4 is 16.0 Å². The average Bonchev–Trinajstić information content (AvgIpc) is 2.75. The Labute approximate surface area is 172 Å². The lowest BCUT2D eigenvalue weighted by Crippen LogP contribution is -2.36. The van der Waals surface area contributed by atoms with Gasteiger partial charge in [0.05, 0.1) is 23.9 Å². The molecule has 4 rings (SSSR count). The summed E-state index contributed by atoms with van der Waals surface area (Å²) >= 11 is 6.47. The molecule has 1 saturated carbocycles. The summed E-state index contributed by atoms with van der Waals surface area (Å²) < 4.78 is 5.56. The van der Waals surface area contributed by atoms with Crippen LogP contribution in [0.1, 0.15) is 56.6 Å². The molecule has 0 bridgehead atoms. The minimum absolute atomic E-state index is 0.0717. The molecule has 2 aliphatic heterocycles. The van der Waals surface area contributed by atoms with Gasteiger partial charge in [0, 0.05) is 37.2 Å². The summed E-state index contributed by atoms with van der Waals surface area (Å²) in [6, 6.07) is 2.49. The number of anilines is 1. The highest BCUT2D eigenvalue weighted by Crippen LogP contribution is 2.27. The number of aliphatic imine (C=N–C) groups is 1. The second-order valence-corrected chi connectivity index (χ2v) is 8.40. The van der Waals surface area contributed by atoms with Crippen molar-refractivity contribution in [2.75, 3.05) is 25.1 Å². The normalized spacial score (nSPS) is 25.7. The molecule has 2 unspecified atom stereocenters. The Balaban J connectivity index is 1.37. The molecule has 1 saturated heterocycles. The van der Waals surface area contributed by atoms with Gasteiger partial charge in [-0.25, -0.2) is 4.98 Å². The van der Waals surface area contributed by atoms with E-state index in [0.717, 1.165) is 43.4 Å². The maximum atomic E-state index is 6.47. The van der Waals surface area contributed by atoms with E-state index < -0.39 is 0 Å². The minimum atomic E-state index is -0.0717. The molecule has 0 radical (unpaired) electrons. The smallest absolute Gasteiger partial charge is 0.126 e. The number of pyridine rings is 1. The number of ether oxygens (including phenoxy) is 1. The van der Waals surface area contributed by atoms with E-state index in [-0.39, 0.29) is 6.04 Å². The molecule has 152 valence electrons. The summed E-state index contributed by atoms with van der Waals surface area (Å²) in [5, 5.41) is 11.2. The van der Waals surface area contributed by atoms with Gasteiger partial charge in [0.15, 0.2) is 0 Å². The Kier molecular flexibility index (Phi) is 6.70. The highest BCUT2D eigenvalue weighted by molar-refractivity contribution is 6.31. The highest BCUT2D eigenvalue weighted by Gasteiger charge is 2.20. The van der Waals surface area contributed by atoms with Crippen molar-refractivity contribution in [2.45, 2.75) is 57.0 Å². The molecule has 0 aromatic carbocycles. The molecular weight excluding hydrogens is 374 g/mol. The first-order chi connectivity index (χ1) is 13.8. The third-order valence-electron chi connectivity index (χ3n) is 5.76. The van der Waals surface area contributed by atoms with Crippen molar-refractivity contribution in [3.8, 4) is 0 Å². The lowest BCUT2D eigenvalue weighted by molar-refractivity contribution is 0.0555. The SMILES string of the molecule is Clc1cnc(NC2CCCCC2)cc1C1C=NC=C(NCC2CCCOC2)N1. The van der Waals surface area contributed by atoms with Crippen molar-refractivity contribution < 1.29 is 4.74 Å². The van der Waals surface area contributed by atoms with Gasteiger partial charge < -0.3 is 20.7 Å². The van der Waals surface area contributed by atoms with E-state index in [1.807, 2.05) is 12.4 Å². The lowest BCUT2D eigenvalue weighted by Gasteiger charge is -2.27. The Morgan fingerprint density at radius 1 is 1.18 bits per heavy atom. The van der Waals surface area contributed by atoms with Crippen molar-refractivity contribution in [3.63, 3.8) is 0 Å². The monoisotopic (exact) mass is 403 g/mol. The van der Waals surface area contributed by atoms with Gasteiger partial charge in [-0.05, 0) is 37.7 Å². The van der Waals surface area contributed by atoms with E-state index in [1.165, 1.54) is 38.5 Å². The molecular formula is C21H30ClN5O. The van der Waals surface area contributed by atoms with E-state index >= 15 is 0 Å². The predicted molar refractivity (Wildman–Crippen MR) is 114 cm³/mol. The van der Waals surface area contributed by atoms with Gasteiger partial charge >= 0.3 is 0 Å². The largest absolute Gasteiger partial charge is 0.381 e. The van der Waals surface area contributed by atoms with Crippen LogP contribution in [0.25, 0.3) is 0 Å². The third kappa shape index (κ3) is 5.17. The van der Waals surface area contributed by atoms with Crippen LogP contribution in [0.2, 0.25) is 5.02 Å². The number of hydrogen-bond donors (Lipinski definition) is 3. The highest BCUT2D eigenvalue weighted by atomic mass is 35.5. The van der Waals surface area contributed by atoms with Crippen LogP contribution in [-0.4, -0.2) is 37.0 Å². The summed E-state index contributed by atoms with van der Waals surface area (Å²) in [5.74, 6) is 2.37. The van der Waals surface area contributed by atoms with Gasteiger partial charge in [-0.3, -0.25) is 4.99 Å². The fourth-order valence-corrected chi connectivity index (χ4v) is 4.37. The Morgan fingerprint density at radius 3 is 2.89 bits per heavy atom. The Bertz CT molecular complexity index is 711. The zero-order valence-electron chi connectivity index (χ0n) is 16.3. The number of hydrogen-bond acceptors (Lipinski definition) is 6. The number of rotatable bonds is 6. The van der Waals surface area contributed by atoms with Crippen LogP contribution in [0.5, 0.6) is 0 Å². The standard InChI is InChI=1S/C21H30ClN5O/c22-18-11-25-20(26-16-6-2-1-3-7-16)9-17(18)19-12-23-13-21(27-19)24-10-15-5-4-8-28-14-15/h9,11-13,15-16,19,24,27H,1-8,10,14H2,(H,25,26). The second kappa shape index (κ2) is 9.61. The van der Waals surface area contributed by atoms with Crippen molar-refractivity contribution in [2.24, 2.45) is 10.9 Å². The van der Waals surface area contributed by atoms with E-state index in [9.17, 15) is 0 Å². The third-order valence-corrected chi connectivity index (χ3v) is 6.08. The zero-order chi connectivity index (χ0) is 19.2. The maximum Gasteiger partial charge on any atom is 0.126 e. The van der Waals surface area contributed by atoms with Crippen LogP contribution in [0.15, 0.2) is 29.3 Å². The van der Waals surface area contributed by atoms with Crippen LogP contribution in [0.3, 0.4) is 0 Å². The van der Waals surface area contributed by atoms with E-state index in [2.05, 4.69) is 32.0 Å². The van der Waals surface area contributed by atoms with Gasteiger partial charge in [-0.1, -0.05) is 30.9 Å². The van der Waals surface area contributed by atoms with Gasteiger partial charge in [0.1, 0.15) is 11.6 Å². The quantitative estimate of drug-likeness (QED) is 0.669. The van der Waals surface area contributed by atoms with Crippen molar-refractivity contribution in [3.05, 3.63) is 34.9 Å². The molecule has 7 heteroatoms. The molecule has 1 aliphatic carbocycles. The predicted octanol–water partition coefficient (Wildman–Crippen LogP) is 4.01. The summed E-state index contributed by atoms with van der Waals surface area (Å²) in [6.45, 7) is 2.61. The van der Waals surface area contributed by atoms with Gasteiger partial charge in [-0.15, -0.1) is 0 Å². The molecule has 1 aromatic rings. The number of halogens is 1. The first-order valence-electron chi connectivity index (χ1n) is 10.5. The summed E-state index contributed by atoms with van der Waals surface area (Å²) in [6.07, 6.45) is 14.2. The summed E-state index contributed by atoms with van der Waals surface area (Å²) in [4.78, 5) is 8.91. The first-order valence-corrected chi connectivity index (χ1v) is 10.9. The van der Waals surface area contributed by atoms with Gasteiger partial charge in [-0.2, -0.15) is 0 Å². The molecule has 0 spiro atoms. The first kappa shape index (κ1) is 19.5.